The Bertz CT molecular complexity index is 296. The molecular formula is C15H23S+. The summed E-state index contributed by atoms with van der Waals surface area (Å²) in [6, 6.07) is 10.6. The lowest BCUT2D eigenvalue weighted by atomic mass is 10.1. The molecule has 0 aliphatic carbocycles. The van der Waals surface area contributed by atoms with Crippen molar-refractivity contribution < 1.29 is 0 Å². The molecular weight excluding hydrogens is 212 g/mol. The van der Waals surface area contributed by atoms with Gasteiger partial charge in [-0.05, 0) is 29.3 Å². The largest absolute Gasteiger partial charge is 0.133 e. The maximum Gasteiger partial charge on any atom is 0.133 e. The van der Waals surface area contributed by atoms with Crippen molar-refractivity contribution in [3.63, 3.8) is 0 Å². The summed E-state index contributed by atoms with van der Waals surface area (Å²) in [7, 11) is 0.643. The Morgan fingerprint density at radius 1 is 1.12 bits per heavy atom. The molecule has 0 unspecified atom stereocenters. The summed E-state index contributed by atoms with van der Waals surface area (Å²) in [5.41, 5.74) is 2.66. The van der Waals surface area contributed by atoms with E-state index in [1.165, 1.54) is 41.2 Å². The Balaban J connectivity index is 0.000000606. The summed E-state index contributed by atoms with van der Waals surface area (Å²) >= 11 is 0. The SMILES string of the molecule is C=C(C[S+]1CCCC1)c1ccccc1.CC. The normalized spacial score (nSPS) is 15.4. The maximum atomic E-state index is 4.20. The fourth-order valence-electron chi connectivity index (χ4n) is 1.86. The molecule has 1 aliphatic heterocycles. The summed E-state index contributed by atoms with van der Waals surface area (Å²) in [6.45, 7) is 8.20. The second kappa shape index (κ2) is 7.56. The minimum Gasteiger partial charge on any atom is -0.0905 e. The third kappa shape index (κ3) is 4.05. The molecule has 1 heterocycles. The molecule has 1 aromatic carbocycles. The minimum absolute atomic E-state index is 0.643. The van der Waals surface area contributed by atoms with E-state index in [1.54, 1.807) is 0 Å². The van der Waals surface area contributed by atoms with Gasteiger partial charge in [0.15, 0.2) is 0 Å². The Labute approximate surface area is 103 Å². The van der Waals surface area contributed by atoms with Gasteiger partial charge in [-0.3, -0.25) is 0 Å². The van der Waals surface area contributed by atoms with Crippen molar-refractivity contribution in [3.05, 3.63) is 42.5 Å². The molecule has 0 spiro atoms. The molecule has 2 rings (SSSR count). The van der Waals surface area contributed by atoms with E-state index in [1.807, 2.05) is 13.8 Å². The van der Waals surface area contributed by atoms with Gasteiger partial charge in [-0.25, -0.2) is 0 Å². The van der Waals surface area contributed by atoms with Gasteiger partial charge in [0, 0.05) is 5.57 Å². The summed E-state index contributed by atoms with van der Waals surface area (Å²) in [5, 5.41) is 0. The second-order valence-corrected chi connectivity index (χ2v) is 6.17. The standard InChI is InChI=1S/C13H17S.C2H6/c1-12(11-14-9-5-6-10-14)13-7-3-2-4-8-13;1-2/h2-4,7-8H,1,5-6,9-11H2;1-2H3/q+1;. The van der Waals surface area contributed by atoms with Crippen LogP contribution in [0.1, 0.15) is 32.3 Å². The van der Waals surface area contributed by atoms with Gasteiger partial charge in [0.05, 0.1) is 0 Å². The average Bonchev–Trinajstić information content (AvgIpc) is 2.86. The van der Waals surface area contributed by atoms with Gasteiger partial charge in [0.25, 0.3) is 0 Å². The monoisotopic (exact) mass is 235 g/mol. The molecule has 0 bridgehead atoms. The van der Waals surface area contributed by atoms with Crippen LogP contribution in [0.25, 0.3) is 5.57 Å². The first-order valence-corrected chi connectivity index (χ1v) is 7.97. The zero-order chi connectivity index (χ0) is 11.8. The topological polar surface area (TPSA) is 0 Å². The average molecular weight is 235 g/mol. The van der Waals surface area contributed by atoms with Gasteiger partial charge in [0.1, 0.15) is 17.3 Å². The summed E-state index contributed by atoms with van der Waals surface area (Å²) in [4.78, 5) is 0. The van der Waals surface area contributed by atoms with Gasteiger partial charge >= 0.3 is 0 Å². The van der Waals surface area contributed by atoms with Crippen molar-refractivity contribution >= 4 is 16.5 Å². The fourth-order valence-corrected chi connectivity index (χ4v) is 4.24. The molecule has 0 amide bonds. The van der Waals surface area contributed by atoms with E-state index in [9.17, 15) is 0 Å². The minimum atomic E-state index is 0.643. The fraction of sp³-hybridized carbons (Fsp3) is 0.467. The molecule has 1 heteroatoms. The molecule has 0 aromatic heterocycles. The van der Waals surface area contributed by atoms with Crippen LogP contribution < -0.4 is 0 Å². The van der Waals surface area contributed by atoms with Gasteiger partial charge in [-0.1, -0.05) is 50.8 Å². The smallest absolute Gasteiger partial charge is 0.0905 e. The van der Waals surface area contributed by atoms with E-state index in [0.29, 0.717) is 10.9 Å². The van der Waals surface area contributed by atoms with Crippen LogP contribution in [0.4, 0.5) is 0 Å². The highest BCUT2D eigenvalue weighted by Crippen LogP contribution is 2.20. The van der Waals surface area contributed by atoms with Crippen LogP contribution in [0, 0.1) is 0 Å². The summed E-state index contributed by atoms with van der Waals surface area (Å²) < 4.78 is 0. The van der Waals surface area contributed by atoms with E-state index in [0.717, 1.165) is 0 Å². The van der Waals surface area contributed by atoms with Crippen LogP contribution in [0.15, 0.2) is 36.9 Å². The van der Waals surface area contributed by atoms with Gasteiger partial charge in [-0.15, -0.1) is 0 Å². The van der Waals surface area contributed by atoms with E-state index in [4.69, 9.17) is 0 Å². The van der Waals surface area contributed by atoms with Gasteiger partial charge in [0.2, 0.25) is 0 Å². The van der Waals surface area contributed by atoms with Crippen molar-refractivity contribution in [2.75, 3.05) is 17.3 Å². The predicted molar refractivity (Wildman–Crippen MR) is 78.0 cm³/mol. The molecule has 1 fully saturated rings. The van der Waals surface area contributed by atoms with Crippen molar-refractivity contribution in [1.29, 1.82) is 0 Å². The van der Waals surface area contributed by atoms with E-state index >= 15 is 0 Å². The number of benzene rings is 1. The van der Waals surface area contributed by atoms with Crippen LogP contribution in [0.5, 0.6) is 0 Å². The Kier molecular flexibility index (Phi) is 6.32. The van der Waals surface area contributed by atoms with Gasteiger partial charge < -0.3 is 0 Å². The van der Waals surface area contributed by atoms with Crippen molar-refractivity contribution in [2.45, 2.75) is 26.7 Å². The number of hydrogen-bond donors (Lipinski definition) is 0. The lowest BCUT2D eigenvalue weighted by Crippen LogP contribution is -2.09. The first kappa shape index (κ1) is 13.4. The molecule has 0 saturated carbocycles. The van der Waals surface area contributed by atoms with Crippen LogP contribution in [-0.4, -0.2) is 17.3 Å². The summed E-state index contributed by atoms with van der Waals surface area (Å²) in [5.74, 6) is 4.10. The van der Waals surface area contributed by atoms with Crippen molar-refractivity contribution in [1.82, 2.24) is 0 Å². The van der Waals surface area contributed by atoms with Crippen LogP contribution >= 0.6 is 0 Å². The summed E-state index contributed by atoms with van der Waals surface area (Å²) in [6.07, 6.45) is 2.87. The molecule has 0 N–H and O–H groups in total. The highest BCUT2D eigenvalue weighted by molar-refractivity contribution is 7.97. The maximum absolute atomic E-state index is 4.20. The van der Waals surface area contributed by atoms with Crippen LogP contribution in [0.3, 0.4) is 0 Å². The molecule has 0 nitrogen and oxygen atoms in total. The Hall–Kier alpha value is -0.690. The molecule has 16 heavy (non-hydrogen) atoms. The van der Waals surface area contributed by atoms with E-state index in [-0.39, 0.29) is 0 Å². The lowest BCUT2D eigenvalue weighted by Gasteiger charge is -2.04. The molecule has 0 atom stereocenters. The third-order valence-corrected chi connectivity index (χ3v) is 5.17. The lowest BCUT2D eigenvalue weighted by molar-refractivity contribution is 0.949. The Morgan fingerprint density at radius 2 is 1.69 bits per heavy atom. The Morgan fingerprint density at radius 3 is 2.25 bits per heavy atom. The zero-order valence-corrected chi connectivity index (χ0v) is 11.4. The van der Waals surface area contributed by atoms with E-state index < -0.39 is 0 Å². The third-order valence-electron chi connectivity index (χ3n) is 2.68. The van der Waals surface area contributed by atoms with E-state index in [2.05, 4.69) is 36.9 Å². The number of rotatable bonds is 3. The van der Waals surface area contributed by atoms with Gasteiger partial charge in [-0.2, -0.15) is 0 Å². The van der Waals surface area contributed by atoms with Crippen molar-refractivity contribution in [3.8, 4) is 0 Å². The van der Waals surface area contributed by atoms with Crippen molar-refractivity contribution in [2.24, 2.45) is 0 Å². The van der Waals surface area contributed by atoms with Crippen LogP contribution in [-0.2, 0) is 10.9 Å². The molecule has 88 valence electrons. The highest BCUT2D eigenvalue weighted by atomic mass is 32.2. The second-order valence-electron chi connectivity index (χ2n) is 3.84. The number of hydrogen-bond acceptors (Lipinski definition) is 0. The quantitative estimate of drug-likeness (QED) is 0.691. The molecule has 0 radical (unpaired) electrons. The molecule has 1 saturated heterocycles. The van der Waals surface area contributed by atoms with Crippen LogP contribution in [0.2, 0.25) is 0 Å². The highest BCUT2D eigenvalue weighted by Gasteiger charge is 2.24. The zero-order valence-electron chi connectivity index (χ0n) is 10.5. The first-order valence-electron chi connectivity index (χ1n) is 6.23. The molecule has 1 aliphatic rings. The first-order chi connectivity index (χ1) is 7.86. The molecule has 1 aromatic rings. The predicted octanol–water partition coefficient (Wildman–Crippen LogP) is 4.14.